The Kier molecular flexibility index (Phi) is 5.69. The van der Waals surface area contributed by atoms with Gasteiger partial charge >= 0.3 is 0 Å². The lowest BCUT2D eigenvalue weighted by Crippen LogP contribution is -2.51. The first-order valence-corrected chi connectivity index (χ1v) is 18.6. The molecule has 3 heteroatoms. The van der Waals surface area contributed by atoms with Gasteiger partial charge in [0.15, 0.2) is 0 Å². The van der Waals surface area contributed by atoms with Crippen LogP contribution >= 0.6 is 0 Å². The van der Waals surface area contributed by atoms with Gasteiger partial charge in [-0.1, -0.05) is 112 Å². The zero-order chi connectivity index (χ0) is 36.3. The van der Waals surface area contributed by atoms with Gasteiger partial charge in [-0.2, -0.15) is 0 Å². The molecule has 0 aromatic heterocycles. The summed E-state index contributed by atoms with van der Waals surface area (Å²) in [6, 6.07) is 42.1. The fourth-order valence-corrected chi connectivity index (χ4v) is 9.88. The molecule has 0 atom stereocenters. The minimum absolute atomic E-state index is 0.00846. The van der Waals surface area contributed by atoms with Crippen molar-refractivity contribution >= 4 is 98.0 Å². The smallest absolute Gasteiger partial charge is 0.261 e. The lowest BCUT2D eigenvalue weighted by atomic mass is 9.80. The molecule has 0 saturated heterocycles. The first kappa shape index (κ1) is 30.6. The Bertz CT molecular complexity index is 3260. The number of nitrogens with zero attached hydrogens (tertiary/aromatic N) is 1. The van der Waals surface area contributed by atoms with E-state index in [0.717, 1.165) is 43.4 Å². The van der Waals surface area contributed by atoms with Gasteiger partial charge in [-0.05, 0) is 148 Å². The average molecular weight is 684 g/mol. The van der Waals surface area contributed by atoms with Gasteiger partial charge in [0.05, 0.1) is 0 Å². The van der Waals surface area contributed by atoms with E-state index in [4.69, 9.17) is 0 Å². The van der Waals surface area contributed by atoms with Crippen LogP contribution in [0.5, 0.6) is 0 Å². The summed E-state index contributed by atoms with van der Waals surface area (Å²) in [5.74, 6) is -0.464. The quantitative estimate of drug-likeness (QED) is 0.0981. The van der Waals surface area contributed by atoms with Crippen LogP contribution < -0.4 is 0 Å². The molecule has 10 aromatic carbocycles. The molecule has 53 heavy (non-hydrogen) atoms. The monoisotopic (exact) mass is 683 g/mol. The minimum atomic E-state index is -0.645. The van der Waals surface area contributed by atoms with Crippen LogP contribution in [0.3, 0.4) is 0 Å². The van der Waals surface area contributed by atoms with Crippen LogP contribution in [0.4, 0.5) is 0 Å². The van der Waals surface area contributed by atoms with Crippen LogP contribution in [0, 0.1) is 0 Å². The zero-order valence-corrected chi connectivity index (χ0v) is 30.7. The summed E-state index contributed by atoms with van der Waals surface area (Å²) in [6.45, 7) is 12.7. The Balaban J connectivity index is 1.29. The van der Waals surface area contributed by atoms with Crippen molar-refractivity contribution in [1.29, 1.82) is 0 Å². The second-order valence-corrected chi connectivity index (χ2v) is 17.1. The molecular formula is C50H37NO2. The molecule has 2 amide bonds. The maximum Gasteiger partial charge on any atom is 0.261 e. The van der Waals surface area contributed by atoms with Crippen LogP contribution in [0.25, 0.3) is 97.3 Å². The summed E-state index contributed by atoms with van der Waals surface area (Å²) < 4.78 is 0. The summed E-state index contributed by atoms with van der Waals surface area (Å²) in [4.78, 5) is 29.6. The highest BCUT2D eigenvalue weighted by molar-refractivity contribution is 6.40. The Morgan fingerprint density at radius 3 is 1.64 bits per heavy atom. The molecule has 0 radical (unpaired) electrons. The van der Waals surface area contributed by atoms with Crippen molar-refractivity contribution < 1.29 is 9.59 Å². The fraction of sp³-hybridized carbons (Fsp3) is 0.160. The second-order valence-electron chi connectivity index (χ2n) is 17.1. The van der Waals surface area contributed by atoms with Crippen LogP contribution in [0.2, 0.25) is 0 Å². The lowest BCUT2D eigenvalue weighted by molar-refractivity contribution is 0.0460. The van der Waals surface area contributed by atoms with Gasteiger partial charge in [0.1, 0.15) is 0 Å². The summed E-state index contributed by atoms with van der Waals surface area (Å²) in [6.07, 6.45) is 0. The van der Waals surface area contributed by atoms with E-state index in [9.17, 15) is 9.59 Å². The van der Waals surface area contributed by atoms with E-state index in [-0.39, 0.29) is 17.2 Å². The van der Waals surface area contributed by atoms with Gasteiger partial charge in [-0.3, -0.25) is 14.5 Å². The molecule has 0 aliphatic carbocycles. The van der Waals surface area contributed by atoms with Gasteiger partial charge < -0.3 is 0 Å². The third kappa shape index (κ3) is 3.84. The maximum absolute atomic E-state index is 14.1. The third-order valence-corrected chi connectivity index (χ3v) is 12.0. The van der Waals surface area contributed by atoms with E-state index in [1.165, 1.54) is 64.3 Å². The van der Waals surface area contributed by atoms with E-state index in [0.29, 0.717) is 11.1 Å². The van der Waals surface area contributed by atoms with Crippen molar-refractivity contribution in [3.8, 4) is 11.1 Å². The van der Waals surface area contributed by atoms with Crippen molar-refractivity contribution in [2.45, 2.75) is 52.5 Å². The third-order valence-electron chi connectivity index (χ3n) is 12.0. The summed E-state index contributed by atoms with van der Waals surface area (Å²) in [7, 11) is 0. The number of hydrogen-bond donors (Lipinski definition) is 0. The number of fused-ring (bicyclic) bond motifs is 4. The Hall–Kier alpha value is -6.06. The number of carbonyl (C=O) groups is 2. The van der Waals surface area contributed by atoms with E-state index < -0.39 is 5.54 Å². The first-order valence-electron chi connectivity index (χ1n) is 18.6. The van der Waals surface area contributed by atoms with Gasteiger partial charge in [-0.25, -0.2) is 0 Å². The number of carbonyl (C=O) groups excluding carboxylic acids is 2. The summed E-state index contributed by atoms with van der Waals surface area (Å²) in [5.41, 5.74) is 4.20. The highest BCUT2D eigenvalue weighted by Crippen LogP contribution is 2.49. The molecule has 1 aliphatic rings. The Morgan fingerprint density at radius 2 is 0.943 bits per heavy atom. The zero-order valence-electron chi connectivity index (χ0n) is 30.7. The van der Waals surface area contributed by atoms with Crippen molar-refractivity contribution in [3.05, 3.63) is 132 Å². The number of imide groups is 1. The minimum Gasteiger partial charge on any atom is -0.269 e. The molecule has 0 bridgehead atoms. The Morgan fingerprint density at radius 1 is 0.396 bits per heavy atom. The van der Waals surface area contributed by atoms with Crippen LogP contribution in [-0.4, -0.2) is 22.3 Å². The first-order chi connectivity index (χ1) is 25.4. The molecule has 1 heterocycles. The van der Waals surface area contributed by atoms with Crippen molar-refractivity contribution in [2.24, 2.45) is 0 Å². The highest BCUT2D eigenvalue weighted by atomic mass is 16.2. The van der Waals surface area contributed by atoms with Crippen molar-refractivity contribution in [1.82, 2.24) is 4.90 Å². The van der Waals surface area contributed by atoms with E-state index in [1.807, 2.05) is 32.9 Å². The van der Waals surface area contributed by atoms with E-state index in [1.54, 1.807) is 0 Å². The van der Waals surface area contributed by atoms with Crippen molar-refractivity contribution in [3.63, 3.8) is 0 Å². The molecule has 0 spiro atoms. The number of amides is 2. The molecular weight excluding hydrogens is 647 g/mol. The standard InChI is InChI=1S/C50H37NO2/c1-49(2,3)40-23-22-34-39-25-28(24-27-11-8-12-30(41(27)39)32-14-9-15-35(40)43(32)34)29-17-16-26-10-7-13-31-33-18-20-37-46-38(48(53)51(47(37)52)50(4,5)6)21-19-36(45(33)46)44(29)42(26)31/h7-25H,1-6H3. The van der Waals surface area contributed by atoms with Crippen LogP contribution in [0.1, 0.15) is 67.8 Å². The van der Waals surface area contributed by atoms with Crippen LogP contribution in [-0.2, 0) is 5.41 Å². The van der Waals surface area contributed by atoms with Crippen LogP contribution in [0.15, 0.2) is 115 Å². The van der Waals surface area contributed by atoms with Gasteiger partial charge in [0, 0.05) is 22.1 Å². The molecule has 0 unspecified atom stereocenters. The predicted octanol–water partition coefficient (Wildman–Crippen LogP) is 13.1. The number of benzene rings is 10. The summed E-state index contributed by atoms with van der Waals surface area (Å²) >= 11 is 0. The topological polar surface area (TPSA) is 37.4 Å². The summed E-state index contributed by atoms with van der Waals surface area (Å²) in [5, 5.41) is 18.8. The van der Waals surface area contributed by atoms with Gasteiger partial charge in [-0.15, -0.1) is 0 Å². The van der Waals surface area contributed by atoms with Gasteiger partial charge in [0.2, 0.25) is 0 Å². The largest absolute Gasteiger partial charge is 0.269 e. The fourth-order valence-electron chi connectivity index (χ4n) is 9.88. The SMILES string of the molecule is CC(C)(C)c1ccc2c3cc(-c4ccc5cccc6c7ccc8c9c(ccc(c4c56)c97)C(=O)N(C(C)(C)C)C8=O)cc4cccc(c5cccc1c52)c43. The highest BCUT2D eigenvalue weighted by Gasteiger charge is 2.40. The van der Waals surface area contributed by atoms with Crippen molar-refractivity contribution in [2.75, 3.05) is 0 Å². The molecule has 11 rings (SSSR count). The lowest BCUT2D eigenvalue weighted by Gasteiger charge is -2.37. The molecule has 254 valence electrons. The average Bonchev–Trinajstić information content (AvgIpc) is 3.13. The molecule has 10 aromatic rings. The molecule has 1 aliphatic heterocycles. The number of hydrogen-bond acceptors (Lipinski definition) is 2. The molecule has 3 nitrogen and oxygen atoms in total. The van der Waals surface area contributed by atoms with E-state index >= 15 is 0 Å². The van der Waals surface area contributed by atoms with Gasteiger partial charge in [0.25, 0.3) is 11.8 Å². The molecule has 0 fully saturated rings. The normalized spacial score (nSPS) is 14.3. The molecule has 0 N–H and O–H groups in total. The molecule has 0 saturated carbocycles. The van der Waals surface area contributed by atoms with E-state index in [2.05, 4.69) is 124 Å². The predicted molar refractivity (Wildman–Crippen MR) is 223 cm³/mol. The maximum atomic E-state index is 14.1. The Labute approximate surface area is 307 Å². The second kappa shape index (κ2) is 9.87. The number of rotatable bonds is 1.